The third-order valence-electron chi connectivity index (χ3n) is 5.66. The summed E-state index contributed by atoms with van der Waals surface area (Å²) in [5, 5.41) is 7.45. The van der Waals surface area contributed by atoms with E-state index in [9.17, 15) is 9.59 Å². The van der Waals surface area contributed by atoms with Crippen molar-refractivity contribution in [3.8, 4) is 23.0 Å². The number of aromatic nitrogens is 3. The van der Waals surface area contributed by atoms with E-state index in [4.69, 9.17) is 10.2 Å². The lowest BCUT2D eigenvalue weighted by atomic mass is 9.97. The summed E-state index contributed by atoms with van der Waals surface area (Å²) in [6, 6.07) is 15.5. The highest BCUT2D eigenvalue weighted by molar-refractivity contribution is 6.04. The average molecular weight is 463 g/mol. The second kappa shape index (κ2) is 8.80. The molecule has 3 aromatic heterocycles. The number of carbonyl (C=O) groups excluding carboxylic acids is 1. The van der Waals surface area contributed by atoms with Crippen LogP contribution in [-0.2, 0) is 0 Å². The largest absolute Gasteiger partial charge is 0.458 e. The summed E-state index contributed by atoms with van der Waals surface area (Å²) in [5.74, 6) is 5.74. The second-order valence-corrected chi connectivity index (χ2v) is 7.93. The minimum atomic E-state index is -0.672. The Kier molecular flexibility index (Phi) is 5.51. The third-order valence-corrected chi connectivity index (χ3v) is 5.66. The summed E-state index contributed by atoms with van der Waals surface area (Å²) in [4.78, 5) is 31.3. The fraction of sp³-hybridized carbons (Fsp3) is 0.111. The smallest absolute Gasteiger partial charge is 0.259 e. The summed E-state index contributed by atoms with van der Waals surface area (Å²) in [5.41, 5.74) is 8.30. The van der Waals surface area contributed by atoms with Gasteiger partial charge in [-0.2, -0.15) is 0 Å². The third kappa shape index (κ3) is 3.79. The van der Waals surface area contributed by atoms with Gasteiger partial charge in [0.2, 0.25) is 5.43 Å². The molecule has 0 saturated heterocycles. The zero-order valence-electron chi connectivity index (χ0n) is 19.1. The lowest BCUT2D eigenvalue weighted by Gasteiger charge is -2.18. The van der Waals surface area contributed by atoms with Crippen molar-refractivity contribution >= 4 is 28.3 Å². The van der Waals surface area contributed by atoms with Crippen LogP contribution in [0.3, 0.4) is 0 Å². The normalized spacial score (nSPS) is 11.7. The van der Waals surface area contributed by atoms with Crippen LogP contribution in [0, 0.1) is 11.8 Å². The van der Waals surface area contributed by atoms with Gasteiger partial charge in [0.1, 0.15) is 16.9 Å². The molecule has 8 nitrogen and oxygen atoms in total. The first-order chi connectivity index (χ1) is 17.0. The number of anilines is 1. The Hall–Kier alpha value is -4.90. The lowest BCUT2D eigenvalue weighted by molar-refractivity contribution is 0.0938. The molecule has 3 N–H and O–H groups in total. The first kappa shape index (κ1) is 21.9. The molecule has 0 fully saturated rings. The molecule has 172 valence electrons. The molecular formula is C27H21N5O3. The average Bonchev–Trinajstić information content (AvgIpc) is 3.20. The summed E-state index contributed by atoms with van der Waals surface area (Å²) >= 11 is 0. The number of carbonyl (C=O) groups is 1. The number of amides is 1. The number of hydrogen-bond donors (Lipinski definition) is 2. The zero-order valence-corrected chi connectivity index (χ0v) is 19.1. The predicted molar refractivity (Wildman–Crippen MR) is 134 cm³/mol. The van der Waals surface area contributed by atoms with Crippen LogP contribution >= 0.6 is 0 Å². The molecule has 1 amide bonds. The van der Waals surface area contributed by atoms with Gasteiger partial charge in [-0.3, -0.25) is 9.59 Å². The van der Waals surface area contributed by atoms with E-state index in [-0.39, 0.29) is 16.8 Å². The molecule has 8 heteroatoms. The SMILES string of the molecule is CC#Cc1cccc2oc(C(C)NC(=O)c3c(N)nn4cccnc34)c(-c3ccccc3)c(=O)c12. The molecule has 0 aliphatic carbocycles. The van der Waals surface area contributed by atoms with Crippen molar-refractivity contribution in [1.29, 1.82) is 0 Å². The number of nitrogens with zero attached hydrogens (tertiary/aromatic N) is 3. The number of rotatable bonds is 4. The molecule has 1 atom stereocenters. The molecule has 0 radical (unpaired) electrons. The fourth-order valence-electron chi connectivity index (χ4n) is 4.13. The first-order valence-electron chi connectivity index (χ1n) is 11.0. The molecule has 5 aromatic rings. The Morgan fingerprint density at radius 1 is 1.14 bits per heavy atom. The monoisotopic (exact) mass is 463 g/mol. The molecule has 1 unspecified atom stereocenters. The van der Waals surface area contributed by atoms with E-state index in [1.807, 2.05) is 30.3 Å². The highest BCUT2D eigenvalue weighted by Gasteiger charge is 2.26. The highest BCUT2D eigenvalue weighted by atomic mass is 16.3. The van der Waals surface area contributed by atoms with E-state index in [0.717, 1.165) is 0 Å². The van der Waals surface area contributed by atoms with E-state index in [1.54, 1.807) is 50.5 Å². The van der Waals surface area contributed by atoms with Crippen LogP contribution in [0.25, 0.3) is 27.7 Å². The van der Waals surface area contributed by atoms with Crippen LogP contribution in [0.2, 0.25) is 0 Å². The number of nitrogens with one attached hydrogen (secondary N) is 1. The molecule has 0 spiro atoms. The maximum Gasteiger partial charge on any atom is 0.259 e. The van der Waals surface area contributed by atoms with E-state index < -0.39 is 11.9 Å². The number of hydrogen-bond acceptors (Lipinski definition) is 6. The summed E-state index contributed by atoms with van der Waals surface area (Å²) in [6.45, 7) is 3.46. The molecule has 0 bridgehead atoms. The van der Waals surface area contributed by atoms with E-state index >= 15 is 0 Å². The zero-order chi connectivity index (χ0) is 24.5. The molecule has 0 saturated carbocycles. The Bertz CT molecular complexity index is 1710. The minimum absolute atomic E-state index is 0.0550. The van der Waals surface area contributed by atoms with Crippen LogP contribution in [0.1, 0.15) is 41.6 Å². The quantitative estimate of drug-likeness (QED) is 0.390. The van der Waals surface area contributed by atoms with Crippen molar-refractivity contribution in [2.45, 2.75) is 19.9 Å². The maximum absolute atomic E-state index is 13.8. The standard InChI is InChI=1S/C27H21N5O3/c1-3-9-17-12-7-13-19-20(17)23(33)21(18-10-5-4-6-11-18)24(35-19)16(2)30-27(34)22-25(28)31-32-15-8-14-29-26(22)32/h4-8,10-16H,1-2H3,(H2,28,31)(H,30,34). The van der Waals surface area contributed by atoms with Gasteiger partial charge < -0.3 is 15.5 Å². The van der Waals surface area contributed by atoms with Crippen molar-refractivity contribution < 1.29 is 9.21 Å². The van der Waals surface area contributed by atoms with Crippen molar-refractivity contribution in [2.24, 2.45) is 0 Å². The van der Waals surface area contributed by atoms with Crippen LogP contribution in [0.15, 0.2) is 76.2 Å². The molecular weight excluding hydrogens is 442 g/mol. The topological polar surface area (TPSA) is 116 Å². The number of benzene rings is 2. The van der Waals surface area contributed by atoms with Crippen LogP contribution in [-0.4, -0.2) is 20.5 Å². The van der Waals surface area contributed by atoms with Gasteiger partial charge in [-0.25, -0.2) is 9.50 Å². The van der Waals surface area contributed by atoms with Crippen LogP contribution < -0.4 is 16.5 Å². The maximum atomic E-state index is 13.8. The summed E-state index contributed by atoms with van der Waals surface area (Å²) in [6.07, 6.45) is 3.22. The fourth-order valence-corrected chi connectivity index (χ4v) is 4.13. The summed E-state index contributed by atoms with van der Waals surface area (Å²) < 4.78 is 7.70. The van der Waals surface area contributed by atoms with Gasteiger partial charge in [0.25, 0.3) is 5.91 Å². The number of nitrogen functional groups attached to an aromatic ring is 1. The van der Waals surface area contributed by atoms with Crippen molar-refractivity contribution in [3.05, 3.63) is 94.1 Å². The van der Waals surface area contributed by atoms with Gasteiger partial charge in [0, 0.05) is 18.0 Å². The van der Waals surface area contributed by atoms with Crippen molar-refractivity contribution in [3.63, 3.8) is 0 Å². The van der Waals surface area contributed by atoms with Gasteiger partial charge in [0.05, 0.1) is 17.0 Å². The Morgan fingerprint density at radius 3 is 2.71 bits per heavy atom. The molecule has 5 rings (SSSR count). The Morgan fingerprint density at radius 2 is 1.94 bits per heavy atom. The minimum Gasteiger partial charge on any atom is -0.458 e. The molecule has 3 heterocycles. The van der Waals surface area contributed by atoms with Gasteiger partial charge in [-0.15, -0.1) is 11.0 Å². The second-order valence-electron chi connectivity index (χ2n) is 7.93. The Labute approximate surface area is 200 Å². The first-order valence-corrected chi connectivity index (χ1v) is 11.0. The van der Waals surface area contributed by atoms with Crippen LogP contribution in [0.4, 0.5) is 5.82 Å². The number of fused-ring (bicyclic) bond motifs is 2. The van der Waals surface area contributed by atoms with Gasteiger partial charge in [0.15, 0.2) is 11.5 Å². The Balaban J connectivity index is 1.66. The molecule has 0 aliphatic rings. The van der Waals surface area contributed by atoms with Gasteiger partial charge in [-0.1, -0.05) is 42.3 Å². The molecule has 35 heavy (non-hydrogen) atoms. The number of nitrogens with two attached hydrogens (primary N) is 1. The van der Waals surface area contributed by atoms with E-state index in [2.05, 4.69) is 27.2 Å². The van der Waals surface area contributed by atoms with Crippen molar-refractivity contribution in [1.82, 2.24) is 19.9 Å². The molecule has 0 aliphatic heterocycles. The summed E-state index contributed by atoms with van der Waals surface area (Å²) in [7, 11) is 0. The van der Waals surface area contributed by atoms with E-state index in [1.165, 1.54) is 4.52 Å². The highest BCUT2D eigenvalue weighted by Crippen LogP contribution is 2.30. The van der Waals surface area contributed by atoms with Crippen molar-refractivity contribution in [2.75, 3.05) is 5.73 Å². The van der Waals surface area contributed by atoms with Crippen LogP contribution in [0.5, 0.6) is 0 Å². The lowest BCUT2D eigenvalue weighted by Crippen LogP contribution is -2.28. The van der Waals surface area contributed by atoms with Gasteiger partial charge >= 0.3 is 0 Å². The van der Waals surface area contributed by atoms with E-state index in [0.29, 0.717) is 39.1 Å². The molecule has 2 aromatic carbocycles. The predicted octanol–water partition coefficient (Wildman–Crippen LogP) is 3.95. The van der Waals surface area contributed by atoms with Gasteiger partial charge in [-0.05, 0) is 37.6 Å².